The van der Waals surface area contributed by atoms with Crippen LogP contribution in [0.5, 0.6) is 0 Å². The normalized spacial score (nSPS) is 10.2. The van der Waals surface area contributed by atoms with Crippen LogP contribution in [-0.4, -0.2) is 5.78 Å². The molecule has 0 heterocycles. The number of benzene rings is 2. The quantitative estimate of drug-likeness (QED) is 0.611. The summed E-state index contributed by atoms with van der Waals surface area (Å²) in [5.74, 6) is 0.00833. The predicted molar refractivity (Wildman–Crippen MR) is 70.7 cm³/mol. The smallest absolute Gasteiger partial charge is 0.159 e. The number of carbonyl (C=O) groups is 1. The van der Waals surface area contributed by atoms with E-state index in [2.05, 4.69) is 0 Å². The van der Waals surface area contributed by atoms with Crippen molar-refractivity contribution in [3.63, 3.8) is 0 Å². The second-order valence-corrected chi connectivity index (χ2v) is 4.02. The van der Waals surface area contributed by atoms with E-state index in [0.29, 0.717) is 16.9 Å². The van der Waals surface area contributed by atoms with E-state index in [4.69, 9.17) is 11.5 Å². The molecule has 0 fully saturated rings. The van der Waals surface area contributed by atoms with Crippen molar-refractivity contribution >= 4 is 17.2 Å². The van der Waals surface area contributed by atoms with Crippen molar-refractivity contribution in [1.82, 2.24) is 0 Å². The van der Waals surface area contributed by atoms with Gasteiger partial charge in [-0.25, -0.2) is 0 Å². The van der Waals surface area contributed by atoms with Crippen LogP contribution in [0.2, 0.25) is 0 Å². The fourth-order valence-electron chi connectivity index (χ4n) is 1.70. The highest BCUT2D eigenvalue weighted by atomic mass is 16.1. The van der Waals surface area contributed by atoms with Gasteiger partial charge in [-0.1, -0.05) is 12.1 Å². The molecule has 0 amide bonds. The first kappa shape index (κ1) is 11.2. The van der Waals surface area contributed by atoms with E-state index < -0.39 is 0 Å². The Hall–Kier alpha value is -2.29. The molecule has 3 heteroatoms. The number of anilines is 2. The van der Waals surface area contributed by atoms with E-state index in [-0.39, 0.29) is 5.78 Å². The largest absolute Gasteiger partial charge is 0.399 e. The molecule has 2 aromatic carbocycles. The molecule has 0 bridgehead atoms. The number of Topliss-reactive ketones (excluding diaryl/α,β-unsaturated/α-hetero) is 1. The number of rotatable bonds is 2. The fraction of sp³-hybridized carbons (Fsp3) is 0.0714. The monoisotopic (exact) mass is 226 g/mol. The van der Waals surface area contributed by atoms with Crippen molar-refractivity contribution in [2.75, 3.05) is 11.5 Å². The Morgan fingerprint density at radius 3 is 2.12 bits per heavy atom. The van der Waals surface area contributed by atoms with Gasteiger partial charge >= 0.3 is 0 Å². The van der Waals surface area contributed by atoms with Crippen molar-refractivity contribution in [3.8, 4) is 11.1 Å². The lowest BCUT2D eigenvalue weighted by Gasteiger charge is -2.06. The van der Waals surface area contributed by atoms with Crippen molar-refractivity contribution in [2.45, 2.75) is 6.92 Å². The first-order valence-corrected chi connectivity index (χ1v) is 5.33. The predicted octanol–water partition coefficient (Wildman–Crippen LogP) is 2.72. The molecular formula is C14H14N2O. The van der Waals surface area contributed by atoms with Crippen LogP contribution in [0, 0.1) is 0 Å². The van der Waals surface area contributed by atoms with E-state index in [1.54, 1.807) is 6.07 Å². The summed E-state index contributed by atoms with van der Waals surface area (Å²) in [5, 5.41) is 0. The standard InChI is InChI=1S/C14H14N2O/c1-9(17)11-6-12(8-14(16)7-11)10-2-4-13(15)5-3-10/h2-8H,15-16H2,1H3. The molecule has 0 atom stereocenters. The Labute approximate surface area is 100 Å². The highest BCUT2D eigenvalue weighted by molar-refractivity contribution is 5.96. The molecule has 0 aromatic heterocycles. The average Bonchev–Trinajstić information content (AvgIpc) is 2.29. The third-order valence-corrected chi connectivity index (χ3v) is 2.61. The molecule has 0 radical (unpaired) electrons. The van der Waals surface area contributed by atoms with E-state index in [1.165, 1.54) is 6.92 Å². The number of hydrogen-bond acceptors (Lipinski definition) is 3. The number of carbonyl (C=O) groups excluding carboxylic acids is 1. The van der Waals surface area contributed by atoms with Gasteiger partial charge in [-0.2, -0.15) is 0 Å². The molecule has 0 aliphatic rings. The zero-order chi connectivity index (χ0) is 12.4. The molecule has 0 aliphatic carbocycles. The molecule has 0 spiro atoms. The van der Waals surface area contributed by atoms with Gasteiger partial charge in [-0.15, -0.1) is 0 Å². The maximum Gasteiger partial charge on any atom is 0.159 e. The SMILES string of the molecule is CC(=O)c1cc(N)cc(-c2ccc(N)cc2)c1. The van der Waals surface area contributed by atoms with Gasteiger partial charge in [0.1, 0.15) is 0 Å². The Bertz CT molecular complexity index is 559. The van der Waals surface area contributed by atoms with Crippen LogP contribution in [0.1, 0.15) is 17.3 Å². The van der Waals surface area contributed by atoms with Crippen LogP contribution in [0.15, 0.2) is 42.5 Å². The maximum atomic E-state index is 11.4. The lowest BCUT2D eigenvalue weighted by molar-refractivity contribution is 0.101. The summed E-state index contributed by atoms with van der Waals surface area (Å²) in [5.41, 5.74) is 15.3. The fourth-order valence-corrected chi connectivity index (χ4v) is 1.70. The number of hydrogen-bond donors (Lipinski definition) is 2. The van der Waals surface area contributed by atoms with Crippen molar-refractivity contribution in [2.24, 2.45) is 0 Å². The van der Waals surface area contributed by atoms with Crippen molar-refractivity contribution < 1.29 is 4.79 Å². The Morgan fingerprint density at radius 1 is 0.882 bits per heavy atom. The van der Waals surface area contributed by atoms with Gasteiger partial charge in [-0.05, 0) is 48.4 Å². The van der Waals surface area contributed by atoms with Crippen LogP contribution < -0.4 is 11.5 Å². The third-order valence-electron chi connectivity index (χ3n) is 2.61. The number of nitrogens with two attached hydrogens (primary N) is 2. The lowest BCUT2D eigenvalue weighted by atomic mass is 10.0. The minimum atomic E-state index is 0.00833. The molecule has 17 heavy (non-hydrogen) atoms. The van der Waals surface area contributed by atoms with Crippen LogP contribution in [-0.2, 0) is 0 Å². The summed E-state index contributed by atoms with van der Waals surface area (Å²) in [7, 11) is 0. The first-order chi connectivity index (χ1) is 8.06. The third kappa shape index (κ3) is 2.45. The molecule has 2 aromatic rings. The zero-order valence-corrected chi connectivity index (χ0v) is 9.60. The highest BCUT2D eigenvalue weighted by Gasteiger charge is 2.05. The first-order valence-electron chi connectivity index (χ1n) is 5.33. The van der Waals surface area contributed by atoms with Gasteiger partial charge in [0.05, 0.1) is 0 Å². The Balaban J connectivity index is 2.51. The van der Waals surface area contributed by atoms with Gasteiger partial charge in [0.15, 0.2) is 5.78 Å². The molecule has 3 nitrogen and oxygen atoms in total. The molecular weight excluding hydrogens is 212 g/mol. The molecule has 2 rings (SSSR count). The van der Waals surface area contributed by atoms with Crippen LogP contribution >= 0.6 is 0 Å². The van der Waals surface area contributed by atoms with Gasteiger partial charge in [0, 0.05) is 16.9 Å². The summed E-state index contributed by atoms with van der Waals surface area (Å²) in [6.45, 7) is 1.53. The zero-order valence-electron chi connectivity index (χ0n) is 9.60. The number of nitrogen functional groups attached to an aromatic ring is 2. The molecule has 4 N–H and O–H groups in total. The summed E-state index contributed by atoms with van der Waals surface area (Å²) < 4.78 is 0. The van der Waals surface area contributed by atoms with Gasteiger partial charge < -0.3 is 11.5 Å². The minimum Gasteiger partial charge on any atom is -0.399 e. The van der Waals surface area contributed by atoms with Crippen LogP contribution in [0.3, 0.4) is 0 Å². The summed E-state index contributed by atoms with van der Waals surface area (Å²) in [6.07, 6.45) is 0. The second kappa shape index (κ2) is 4.29. The van der Waals surface area contributed by atoms with Crippen LogP contribution in [0.4, 0.5) is 11.4 Å². The molecule has 0 aliphatic heterocycles. The lowest BCUT2D eigenvalue weighted by Crippen LogP contribution is -1.96. The Morgan fingerprint density at radius 2 is 1.53 bits per heavy atom. The second-order valence-electron chi connectivity index (χ2n) is 4.02. The molecule has 0 saturated heterocycles. The van der Waals surface area contributed by atoms with Crippen molar-refractivity contribution in [1.29, 1.82) is 0 Å². The summed E-state index contributed by atoms with van der Waals surface area (Å²) in [4.78, 5) is 11.4. The maximum absolute atomic E-state index is 11.4. The van der Waals surface area contributed by atoms with Crippen LogP contribution in [0.25, 0.3) is 11.1 Å². The van der Waals surface area contributed by atoms with Gasteiger partial charge in [-0.3, -0.25) is 4.79 Å². The van der Waals surface area contributed by atoms with Gasteiger partial charge in [0.2, 0.25) is 0 Å². The topological polar surface area (TPSA) is 69.1 Å². The van der Waals surface area contributed by atoms with E-state index in [0.717, 1.165) is 11.1 Å². The highest BCUT2D eigenvalue weighted by Crippen LogP contribution is 2.24. The average molecular weight is 226 g/mol. The number of ketones is 1. The summed E-state index contributed by atoms with van der Waals surface area (Å²) in [6, 6.07) is 12.8. The van der Waals surface area contributed by atoms with E-state index in [9.17, 15) is 4.79 Å². The minimum absolute atomic E-state index is 0.00833. The Kier molecular flexibility index (Phi) is 2.83. The van der Waals surface area contributed by atoms with E-state index >= 15 is 0 Å². The van der Waals surface area contributed by atoms with E-state index in [1.807, 2.05) is 36.4 Å². The molecule has 0 saturated carbocycles. The van der Waals surface area contributed by atoms with Crippen molar-refractivity contribution in [3.05, 3.63) is 48.0 Å². The van der Waals surface area contributed by atoms with Gasteiger partial charge in [0.25, 0.3) is 0 Å². The summed E-state index contributed by atoms with van der Waals surface area (Å²) >= 11 is 0. The molecule has 0 unspecified atom stereocenters. The molecule has 86 valence electrons.